The summed E-state index contributed by atoms with van der Waals surface area (Å²) in [6.45, 7) is 0. The van der Waals surface area contributed by atoms with Crippen molar-refractivity contribution in [3.63, 3.8) is 0 Å². The van der Waals surface area contributed by atoms with Gasteiger partial charge in [-0.15, -0.1) is 0 Å². The quantitative estimate of drug-likeness (QED) is 0.849. The molecule has 0 unspecified atom stereocenters. The van der Waals surface area contributed by atoms with Crippen LogP contribution in [0.15, 0.2) is 34.9 Å². The number of H-pyrrole nitrogens is 1. The molecule has 1 aromatic heterocycles. The minimum absolute atomic E-state index is 0.0162. The number of hydrogen-bond acceptors (Lipinski definition) is 2. The van der Waals surface area contributed by atoms with Crippen molar-refractivity contribution in [3.05, 3.63) is 46.1 Å². The Morgan fingerprint density at radius 1 is 1.29 bits per heavy atom. The molecule has 2 heterocycles. The molecule has 0 spiro atoms. The molecule has 0 fully saturated rings. The van der Waals surface area contributed by atoms with Crippen LogP contribution in [0, 0.1) is 0 Å². The average molecular weight is 292 g/mol. The third-order valence-electron chi connectivity index (χ3n) is 2.98. The van der Waals surface area contributed by atoms with Crippen LogP contribution in [0.5, 0.6) is 0 Å². The molecule has 1 aliphatic rings. The summed E-state index contributed by atoms with van der Waals surface area (Å²) >= 11 is 3.53. The lowest BCUT2D eigenvalue weighted by molar-refractivity contribution is -0.116. The first kappa shape index (κ1) is 10.5. The zero-order chi connectivity index (χ0) is 11.8. The third-order valence-corrected chi connectivity index (χ3v) is 3.70. The highest BCUT2D eigenvalue weighted by atomic mass is 79.9. The van der Waals surface area contributed by atoms with E-state index in [0.29, 0.717) is 12.2 Å². The third kappa shape index (κ3) is 1.76. The van der Waals surface area contributed by atoms with Crippen molar-refractivity contribution in [2.75, 3.05) is 5.32 Å². The number of aromatic amines is 1. The van der Waals surface area contributed by atoms with Gasteiger partial charge < -0.3 is 5.32 Å². The Labute approximate surface area is 107 Å². The molecule has 0 saturated heterocycles. The van der Waals surface area contributed by atoms with E-state index in [9.17, 15) is 4.79 Å². The molecule has 86 valence electrons. The molecule has 1 atom stereocenters. The molecule has 5 heteroatoms. The maximum Gasteiger partial charge on any atom is 0.226 e. The van der Waals surface area contributed by atoms with E-state index in [-0.39, 0.29) is 11.8 Å². The number of rotatable bonds is 1. The Morgan fingerprint density at radius 2 is 2.12 bits per heavy atom. The van der Waals surface area contributed by atoms with E-state index in [2.05, 4.69) is 31.4 Å². The van der Waals surface area contributed by atoms with Crippen molar-refractivity contribution in [2.24, 2.45) is 0 Å². The predicted octanol–water partition coefficient (Wildman–Crippen LogP) is 2.65. The van der Waals surface area contributed by atoms with Gasteiger partial charge in [0.1, 0.15) is 5.82 Å². The summed E-state index contributed by atoms with van der Waals surface area (Å²) < 4.78 is 1.02. The summed E-state index contributed by atoms with van der Waals surface area (Å²) in [5.41, 5.74) is 2.15. The van der Waals surface area contributed by atoms with Gasteiger partial charge in [0, 0.05) is 22.4 Å². The van der Waals surface area contributed by atoms with Gasteiger partial charge in [-0.05, 0) is 11.6 Å². The number of anilines is 1. The van der Waals surface area contributed by atoms with Crippen LogP contribution < -0.4 is 5.32 Å². The maximum absolute atomic E-state index is 11.6. The van der Waals surface area contributed by atoms with Crippen LogP contribution in [-0.4, -0.2) is 16.1 Å². The van der Waals surface area contributed by atoms with Gasteiger partial charge in [0.2, 0.25) is 5.91 Å². The van der Waals surface area contributed by atoms with Gasteiger partial charge >= 0.3 is 0 Å². The van der Waals surface area contributed by atoms with Gasteiger partial charge in [-0.25, -0.2) is 0 Å². The van der Waals surface area contributed by atoms with Gasteiger partial charge in [0.05, 0.1) is 6.20 Å². The molecule has 1 aromatic carbocycles. The van der Waals surface area contributed by atoms with Crippen LogP contribution in [0.4, 0.5) is 5.82 Å². The monoisotopic (exact) mass is 291 g/mol. The molecule has 4 nitrogen and oxygen atoms in total. The number of halogens is 1. The van der Waals surface area contributed by atoms with Gasteiger partial charge in [-0.3, -0.25) is 9.89 Å². The van der Waals surface area contributed by atoms with E-state index in [1.807, 2.05) is 24.3 Å². The summed E-state index contributed by atoms with van der Waals surface area (Å²) in [5.74, 6) is 0.789. The molecule has 2 aromatic rings. The normalized spacial score (nSPS) is 18.6. The van der Waals surface area contributed by atoms with Gasteiger partial charge in [0.15, 0.2) is 0 Å². The average Bonchev–Trinajstić information content (AvgIpc) is 2.76. The first-order valence-electron chi connectivity index (χ1n) is 5.33. The van der Waals surface area contributed by atoms with E-state index in [0.717, 1.165) is 15.6 Å². The second kappa shape index (κ2) is 4.00. The Bertz CT molecular complexity index is 579. The van der Waals surface area contributed by atoms with E-state index >= 15 is 0 Å². The van der Waals surface area contributed by atoms with Crippen LogP contribution in [-0.2, 0) is 4.79 Å². The van der Waals surface area contributed by atoms with Crippen molar-refractivity contribution in [2.45, 2.75) is 12.3 Å². The highest BCUT2D eigenvalue weighted by Gasteiger charge is 2.28. The minimum atomic E-state index is 0.0162. The zero-order valence-electron chi connectivity index (χ0n) is 8.90. The van der Waals surface area contributed by atoms with Crippen molar-refractivity contribution in [3.8, 4) is 0 Å². The lowest BCUT2D eigenvalue weighted by Crippen LogP contribution is -2.23. The zero-order valence-corrected chi connectivity index (χ0v) is 10.5. The standard InChI is InChI=1S/C12H10BrN3O/c13-10-4-2-1-3-7(10)8-5-11(17)15-12-9(8)6-14-16-12/h1-4,6,8H,5H2,(H2,14,15,16,17)/t8-/m0/s1. The molecular weight excluding hydrogens is 282 g/mol. The van der Waals surface area contributed by atoms with Crippen molar-refractivity contribution < 1.29 is 4.79 Å². The Balaban J connectivity index is 2.11. The molecule has 3 rings (SSSR count). The fourth-order valence-electron chi connectivity index (χ4n) is 2.18. The smallest absolute Gasteiger partial charge is 0.226 e. The second-order valence-electron chi connectivity index (χ2n) is 4.03. The molecule has 2 N–H and O–H groups in total. The summed E-state index contributed by atoms with van der Waals surface area (Å²) in [6.07, 6.45) is 2.23. The van der Waals surface area contributed by atoms with Gasteiger partial charge in [0.25, 0.3) is 0 Å². The number of hydrogen-bond donors (Lipinski definition) is 2. The van der Waals surface area contributed by atoms with E-state index in [1.165, 1.54) is 0 Å². The first-order chi connectivity index (χ1) is 8.25. The number of fused-ring (bicyclic) bond motifs is 1. The number of carbonyl (C=O) groups excluding carboxylic acids is 1. The number of aromatic nitrogens is 2. The predicted molar refractivity (Wildman–Crippen MR) is 67.8 cm³/mol. The number of nitrogens with one attached hydrogen (secondary N) is 2. The number of carbonyl (C=O) groups is 1. The van der Waals surface area contributed by atoms with E-state index in [4.69, 9.17) is 0 Å². The summed E-state index contributed by atoms with van der Waals surface area (Å²) in [5, 5.41) is 9.59. The Morgan fingerprint density at radius 3 is 2.94 bits per heavy atom. The molecule has 0 saturated carbocycles. The van der Waals surface area contributed by atoms with Crippen molar-refractivity contribution in [1.29, 1.82) is 0 Å². The maximum atomic E-state index is 11.6. The Kier molecular flexibility index (Phi) is 2.48. The summed E-state index contributed by atoms with van der Waals surface area (Å²) in [6, 6.07) is 7.96. The Hall–Kier alpha value is -1.62. The van der Waals surface area contributed by atoms with E-state index in [1.54, 1.807) is 6.20 Å². The second-order valence-corrected chi connectivity index (χ2v) is 4.88. The number of nitrogens with zero attached hydrogens (tertiary/aromatic N) is 1. The van der Waals surface area contributed by atoms with E-state index < -0.39 is 0 Å². The minimum Gasteiger partial charge on any atom is -0.311 e. The molecule has 1 aliphatic heterocycles. The SMILES string of the molecule is O=C1C[C@@H](c2ccccc2Br)c2cn[nH]c2N1. The van der Waals surface area contributed by atoms with Gasteiger partial charge in [-0.2, -0.15) is 5.10 Å². The van der Waals surface area contributed by atoms with Crippen LogP contribution in [0.1, 0.15) is 23.5 Å². The van der Waals surface area contributed by atoms with Crippen LogP contribution in [0.25, 0.3) is 0 Å². The molecule has 17 heavy (non-hydrogen) atoms. The summed E-state index contributed by atoms with van der Waals surface area (Å²) in [7, 11) is 0. The summed E-state index contributed by atoms with van der Waals surface area (Å²) in [4.78, 5) is 11.6. The van der Waals surface area contributed by atoms with Crippen molar-refractivity contribution in [1.82, 2.24) is 10.2 Å². The fraction of sp³-hybridized carbons (Fsp3) is 0.167. The molecule has 0 radical (unpaired) electrons. The van der Waals surface area contributed by atoms with Crippen molar-refractivity contribution >= 4 is 27.7 Å². The number of amides is 1. The van der Waals surface area contributed by atoms with Crippen LogP contribution in [0.2, 0.25) is 0 Å². The van der Waals surface area contributed by atoms with Gasteiger partial charge in [-0.1, -0.05) is 34.1 Å². The molecule has 1 amide bonds. The lowest BCUT2D eigenvalue weighted by atomic mass is 9.87. The highest BCUT2D eigenvalue weighted by molar-refractivity contribution is 9.10. The van der Waals surface area contributed by atoms with Crippen LogP contribution >= 0.6 is 15.9 Å². The highest BCUT2D eigenvalue weighted by Crippen LogP contribution is 2.38. The molecule has 0 aliphatic carbocycles. The fourth-order valence-corrected chi connectivity index (χ4v) is 2.74. The molecule has 0 bridgehead atoms. The number of benzene rings is 1. The van der Waals surface area contributed by atoms with Crippen LogP contribution in [0.3, 0.4) is 0 Å². The largest absolute Gasteiger partial charge is 0.311 e. The molecular formula is C12H10BrN3O. The lowest BCUT2D eigenvalue weighted by Gasteiger charge is -2.23. The topological polar surface area (TPSA) is 57.8 Å². The first-order valence-corrected chi connectivity index (χ1v) is 6.12.